The Bertz CT molecular complexity index is 775. The normalized spacial score (nSPS) is 12.8. The number of hydrogen-bond donors (Lipinski definition) is 1. The zero-order valence-corrected chi connectivity index (χ0v) is 21.7. The fourth-order valence-corrected chi connectivity index (χ4v) is 4.69. The third kappa shape index (κ3) is 10.7. The number of aromatic nitrogens is 1. The van der Waals surface area contributed by atoms with Crippen LogP contribution in [0, 0.1) is 0 Å². The van der Waals surface area contributed by atoms with Gasteiger partial charge in [-0.15, -0.1) is 11.3 Å². The van der Waals surface area contributed by atoms with Gasteiger partial charge >= 0.3 is 5.97 Å². The molecule has 1 aromatic heterocycles. The first kappa shape index (κ1) is 28.3. The third-order valence-corrected chi connectivity index (χ3v) is 6.94. The van der Waals surface area contributed by atoms with Crippen LogP contribution in [0.4, 0.5) is 0 Å². The average Bonchev–Trinajstić information content (AvgIpc) is 3.20. The van der Waals surface area contributed by atoms with Gasteiger partial charge in [0.15, 0.2) is 4.34 Å². The molecule has 0 aromatic carbocycles. The van der Waals surface area contributed by atoms with E-state index in [0.717, 1.165) is 48.9 Å². The van der Waals surface area contributed by atoms with Crippen LogP contribution in [-0.4, -0.2) is 64.7 Å². The fourth-order valence-electron chi connectivity index (χ4n) is 2.46. The number of carboxylic acid groups (broad SMARTS) is 1. The van der Waals surface area contributed by atoms with Crippen LogP contribution in [0.15, 0.2) is 31.5 Å². The highest BCUT2D eigenvalue weighted by Crippen LogP contribution is 2.34. The molecular weight excluding hydrogens is 444 g/mol. The molecule has 180 valence electrons. The first-order valence-electron chi connectivity index (χ1n) is 11.1. The van der Waals surface area contributed by atoms with E-state index in [-0.39, 0.29) is 0 Å². The van der Waals surface area contributed by atoms with Gasteiger partial charge < -0.3 is 14.7 Å². The van der Waals surface area contributed by atoms with Gasteiger partial charge in [0.25, 0.3) is 0 Å². The van der Waals surface area contributed by atoms with Gasteiger partial charge in [-0.25, -0.2) is 15.0 Å². The topological polar surface area (TPSA) is 87.4 Å². The van der Waals surface area contributed by atoms with Crippen molar-refractivity contribution in [3.8, 4) is 0 Å². The highest BCUT2D eigenvalue weighted by atomic mass is 32.2. The minimum Gasteiger partial charge on any atom is -0.480 e. The second kappa shape index (κ2) is 15.2. The smallest absolute Gasteiger partial charge is 0.319 e. The summed E-state index contributed by atoms with van der Waals surface area (Å²) in [6, 6.07) is 0. The zero-order valence-electron chi connectivity index (χ0n) is 20.1. The van der Waals surface area contributed by atoms with E-state index >= 15 is 0 Å². The van der Waals surface area contributed by atoms with Gasteiger partial charge in [0.1, 0.15) is 4.75 Å². The minimum atomic E-state index is -0.908. The maximum atomic E-state index is 11.4. The number of carboxylic acids is 1. The molecule has 0 spiro atoms. The molecule has 1 rings (SSSR count). The predicted molar refractivity (Wildman–Crippen MR) is 136 cm³/mol. The molecule has 0 amide bonds. The fraction of sp³-hybridized carbons (Fsp3) is 0.652. The van der Waals surface area contributed by atoms with E-state index in [9.17, 15) is 9.90 Å². The lowest BCUT2D eigenvalue weighted by atomic mass is 10.2. The predicted octanol–water partition coefficient (Wildman–Crippen LogP) is 5.52. The molecule has 1 aromatic rings. The Hall–Kier alpha value is -1.71. The minimum absolute atomic E-state index is 0.600. The lowest BCUT2D eigenvalue weighted by Gasteiger charge is -2.23. The molecule has 0 aliphatic rings. The van der Waals surface area contributed by atoms with E-state index in [0.29, 0.717) is 25.5 Å². The number of ether oxygens (including phenoxy) is 1. The van der Waals surface area contributed by atoms with Crippen LogP contribution in [0.1, 0.15) is 66.0 Å². The Morgan fingerprint density at radius 3 is 2.69 bits per heavy atom. The molecule has 0 saturated heterocycles. The van der Waals surface area contributed by atoms with Gasteiger partial charge in [0, 0.05) is 44.3 Å². The molecule has 0 atom stereocenters. The number of rotatable bonds is 15. The summed E-state index contributed by atoms with van der Waals surface area (Å²) in [5.41, 5.74) is 2.11. The number of aliphatic imine (C=N–C) groups is 2. The number of unbranched alkanes of at least 4 members (excludes halogenated alkanes) is 1. The number of guanidine groups is 1. The molecule has 1 heterocycles. The summed E-state index contributed by atoms with van der Waals surface area (Å²) in [7, 11) is 0. The molecular formula is C23H38N4O3S2. The molecule has 1 N–H and O–H groups in total. The third-order valence-electron chi connectivity index (χ3n) is 4.77. The van der Waals surface area contributed by atoms with Gasteiger partial charge in [0.05, 0.1) is 5.69 Å². The standard InChI is InChI=1S/C23H38N4O3S2/c1-7-9-14-30-15-10-12-27(21(24-6)25-16-18(3)8-2)13-11-19-17-31-22(26-19)32-23(4,5)20(28)29/h16-17H,6-15H2,1-5H3,(H,28,29)/b18-16+,25-21?. The van der Waals surface area contributed by atoms with Crippen LogP contribution in [0.25, 0.3) is 0 Å². The van der Waals surface area contributed by atoms with Crippen LogP contribution in [0.5, 0.6) is 0 Å². The maximum Gasteiger partial charge on any atom is 0.319 e. The lowest BCUT2D eigenvalue weighted by molar-refractivity contribution is -0.138. The number of carbonyl (C=O) groups is 1. The van der Waals surface area contributed by atoms with Crippen molar-refractivity contribution < 1.29 is 14.6 Å². The molecule has 9 heteroatoms. The van der Waals surface area contributed by atoms with Crippen molar-refractivity contribution >= 4 is 41.7 Å². The molecule has 0 unspecified atom stereocenters. The number of hydrogen-bond acceptors (Lipinski definition) is 6. The Labute approximate surface area is 201 Å². The SMILES string of the molecule is C=NC(=N/C=C(\C)CC)N(CCCOCCCC)CCc1csc(SC(C)(C)C(=O)O)n1. The summed E-state index contributed by atoms with van der Waals surface area (Å²) in [6.45, 7) is 16.3. The van der Waals surface area contributed by atoms with Crippen LogP contribution in [0.2, 0.25) is 0 Å². The number of allylic oxidation sites excluding steroid dienone is 1. The van der Waals surface area contributed by atoms with E-state index in [2.05, 4.69) is 40.4 Å². The van der Waals surface area contributed by atoms with Gasteiger partial charge in [-0.3, -0.25) is 4.79 Å². The Morgan fingerprint density at radius 1 is 1.34 bits per heavy atom. The summed E-state index contributed by atoms with van der Waals surface area (Å²) >= 11 is 2.75. The first-order chi connectivity index (χ1) is 15.2. The lowest BCUT2D eigenvalue weighted by Crippen LogP contribution is -2.33. The van der Waals surface area contributed by atoms with Gasteiger partial charge in [0.2, 0.25) is 5.96 Å². The molecule has 32 heavy (non-hydrogen) atoms. The largest absolute Gasteiger partial charge is 0.480 e. The summed E-state index contributed by atoms with van der Waals surface area (Å²) in [6.07, 6.45) is 6.58. The van der Waals surface area contributed by atoms with Crippen LogP contribution in [0.3, 0.4) is 0 Å². The Morgan fingerprint density at radius 2 is 2.06 bits per heavy atom. The van der Waals surface area contributed by atoms with Crippen LogP contribution < -0.4 is 0 Å². The van der Waals surface area contributed by atoms with Crippen LogP contribution >= 0.6 is 23.1 Å². The van der Waals surface area contributed by atoms with Crippen molar-refractivity contribution in [1.29, 1.82) is 0 Å². The highest BCUT2D eigenvalue weighted by molar-refractivity contribution is 8.02. The molecule has 0 fully saturated rings. The van der Waals surface area contributed by atoms with Gasteiger partial charge in [-0.1, -0.05) is 37.6 Å². The monoisotopic (exact) mass is 482 g/mol. The molecule has 0 radical (unpaired) electrons. The van der Waals surface area contributed by atoms with E-state index in [1.54, 1.807) is 13.8 Å². The molecule has 0 aliphatic carbocycles. The van der Waals surface area contributed by atoms with Crippen molar-refractivity contribution in [2.45, 2.75) is 75.8 Å². The van der Waals surface area contributed by atoms with Crippen molar-refractivity contribution in [3.63, 3.8) is 0 Å². The quantitative estimate of drug-likeness (QED) is 0.153. The Kier molecular flexibility index (Phi) is 13.4. The Balaban J connectivity index is 2.80. The first-order valence-corrected chi connectivity index (χ1v) is 12.8. The van der Waals surface area contributed by atoms with Crippen LogP contribution in [-0.2, 0) is 16.0 Å². The second-order valence-corrected chi connectivity index (χ2v) is 10.7. The summed E-state index contributed by atoms with van der Waals surface area (Å²) in [4.78, 5) is 26.8. The van der Waals surface area contributed by atoms with Gasteiger partial charge in [-0.2, -0.15) is 0 Å². The molecule has 7 nitrogen and oxygen atoms in total. The molecule has 0 bridgehead atoms. The number of aliphatic carboxylic acids is 1. The van der Waals surface area contributed by atoms with Crippen molar-refractivity contribution in [3.05, 3.63) is 22.8 Å². The van der Waals surface area contributed by atoms with E-state index in [1.807, 2.05) is 18.5 Å². The summed E-state index contributed by atoms with van der Waals surface area (Å²) < 4.78 is 5.56. The average molecular weight is 483 g/mol. The van der Waals surface area contributed by atoms with E-state index < -0.39 is 10.7 Å². The van der Waals surface area contributed by atoms with E-state index in [1.165, 1.54) is 28.7 Å². The molecule has 0 aliphatic heterocycles. The second-order valence-electron chi connectivity index (χ2n) is 8.00. The number of thiazole rings is 1. The number of nitrogens with zero attached hydrogens (tertiary/aromatic N) is 4. The maximum absolute atomic E-state index is 11.4. The van der Waals surface area contributed by atoms with Crippen molar-refractivity contribution in [2.24, 2.45) is 9.98 Å². The summed E-state index contributed by atoms with van der Waals surface area (Å²) in [5, 5.41) is 11.3. The highest BCUT2D eigenvalue weighted by Gasteiger charge is 2.29. The number of thioether (sulfide) groups is 1. The van der Waals surface area contributed by atoms with Crippen molar-refractivity contribution in [2.75, 3.05) is 26.3 Å². The van der Waals surface area contributed by atoms with Gasteiger partial charge in [-0.05, 0) is 46.8 Å². The summed E-state index contributed by atoms with van der Waals surface area (Å²) in [5.74, 6) is -0.247. The molecule has 0 saturated carbocycles. The zero-order chi connectivity index (χ0) is 24.0. The van der Waals surface area contributed by atoms with Crippen molar-refractivity contribution in [1.82, 2.24) is 9.88 Å². The van der Waals surface area contributed by atoms with E-state index in [4.69, 9.17) is 4.74 Å².